The van der Waals surface area contributed by atoms with E-state index >= 15 is 0 Å². The number of hydrogen-bond acceptors (Lipinski definition) is 5. The Kier molecular flexibility index (Phi) is 4.94. The summed E-state index contributed by atoms with van der Waals surface area (Å²) in [6.07, 6.45) is 1.94. The molecule has 0 atom stereocenters. The molecule has 2 aromatic carbocycles. The molecular weight excluding hydrogens is 338 g/mol. The molecule has 0 unspecified atom stereocenters. The van der Waals surface area contributed by atoms with E-state index in [9.17, 15) is 4.79 Å². The number of carbonyl (C=O) groups is 1. The minimum Gasteiger partial charge on any atom is -0.298 e. The molecule has 24 heavy (non-hydrogen) atoms. The number of thiazole rings is 1. The number of thioether (sulfide) groups is 1. The standard InChI is InChI=1S/C18H13N3OS2/c1-23-16-5-3-2-4-14(16)17(22)21-18-20-15(11-24-18)13-8-6-12(10-19)7-9-13/h2-9,11H,1H3,(H,20,21,22). The fourth-order valence-electron chi connectivity index (χ4n) is 2.18. The van der Waals surface area contributed by atoms with Gasteiger partial charge >= 0.3 is 0 Å². The number of hydrogen-bond donors (Lipinski definition) is 1. The number of aromatic nitrogens is 1. The number of nitriles is 1. The lowest BCUT2D eigenvalue weighted by molar-refractivity contribution is 0.102. The molecule has 0 saturated carbocycles. The van der Waals surface area contributed by atoms with E-state index < -0.39 is 0 Å². The summed E-state index contributed by atoms with van der Waals surface area (Å²) in [6.45, 7) is 0. The van der Waals surface area contributed by atoms with E-state index in [1.54, 1.807) is 18.2 Å². The van der Waals surface area contributed by atoms with Crippen LogP contribution in [-0.2, 0) is 0 Å². The van der Waals surface area contributed by atoms with Gasteiger partial charge in [0.2, 0.25) is 0 Å². The van der Waals surface area contributed by atoms with Gasteiger partial charge in [0.15, 0.2) is 5.13 Å². The van der Waals surface area contributed by atoms with Gasteiger partial charge in [-0.3, -0.25) is 10.1 Å². The van der Waals surface area contributed by atoms with Crippen molar-refractivity contribution in [3.63, 3.8) is 0 Å². The van der Waals surface area contributed by atoms with Gasteiger partial charge in [-0.15, -0.1) is 23.1 Å². The fraction of sp³-hybridized carbons (Fsp3) is 0.0556. The first kappa shape index (κ1) is 16.2. The van der Waals surface area contributed by atoms with Crippen LogP contribution in [0.25, 0.3) is 11.3 Å². The molecular formula is C18H13N3OS2. The van der Waals surface area contributed by atoms with E-state index in [2.05, 4.69) is 16.4 Å². The fourth-order valence-corrected chi connectivity index (χ4v) is 3.49. The topological polar surface area (TPSA) is 65.8 Å². The van der Waals surface area contributed by atoms with E-state index in [1.165, 1.54) is 23.1 Å². The zero-order valence-corrected chi connectivity index (χ0v) is 14.4. The molecule has 0 spiro atoms. The lowest BCUT2D eigenvalue weighted by atomic mass is 10.1. The molecule has 118 valence electrons. The van der Waals surface area contributed by atoms with Crippen LogP contribution in [0.2, 0.25) is 0 Å². The molecule has 4 nitrogen and oxygen atoms in total. The average molecular weight is 351 g/mol. The molecule has 1 heterocycles. The lowest BCUT2D eigenvalue weighted by Crippen LogP contribution is -2.12. The van der Waals surface area contributed by atoms with Gasteiger partial charge in [-0.2, -0.15) is 5.26 Å². The maximum absolute atomic E-state index is 12.4. The van der Waals surface area contributed by atoms with Gasteiger partial charge in [0, 0.05) is 15.8 Å². The highest BCUT2D eigenvalue weighted by Gasteiger charge is 2.13. The van der Waals surface area contributed by atoms with Crippen molar-refractivity contribution in [3.05, 3.63) is 65.0 Å². The van der Waals surface area contributed by atoms with Crippen LogP contribution in [0.5, 0.6) is 0 Å². The van der Waals surface area contributed by atoms with Crippen LogP contribution in [0.3, 0.4) is 0 Å². The second-order valence-corrected chi connectivity index (χ2v) is 6.59. The van der Waals surface area contributed by atoms with Crippen molar-refractivity contribution < 1.29 is 4.79 Å². The Bertz CT molecular complexity index is 911. The quantitative estimate of drug-likeness (QED) is 0.695. The molecule has 0 fully saturated rings. The summed E-state index contributed by atoms with van der Waals surface area (Å²) in [5.74, 6) is -0.166. The number of benzene rings is 2. The van der Waals surface area contributed by atoms with Crippen LogP contribution in [0.15, 0.2) is 58.8 Å². The first-order chi connectivity index (χ1) is 11.7. The number of rotatable bonds is 4. The summed E-state index contributed by atoms with van der Waals surface area (Å²) in [6, 6.07) is 16.8. The van der Waals surface area contributed by atoms with Gasteiger partial charge in [0.1, 0.15) is 0 Å². The first-order valence-corrected chi connectivity index (χ1v) is 9.22. The Morgan fingerprint density at radius 3 is 2.67 bits per heavy atom. The summed E-state index contributed by atoms with van der Waals surface area (Å²) >= 11 is 2.91. The van der Waals surface area contributed by atoms with Crippen LogP contribution in [0.1, 0.15) is 15.9 Å². The average Bonchev–Trinajstić information content (AvgIpc) is 3.10. The monoisotopic (exact) mass is 351 g/mol. The predicted octanol–water partition coefficient (Wildman–Crippen LogP) is 4.66. The van der Waals surface area contributed by atoms with Gasteiger partial charge in [0.25, 0.3) is 5.91 Å². The molecule has 1 aromatic heterocycles. The van der Waals surface area contributed by atoms with Gasteiger partial charge in [-0.25, -0.2) is 4.98 Å². The lowest BCUT2D eigenvalue weighted by Gasteiger charge is -2.06. The van der Waals surface area contributed by atoms with Gasteiger partial charge in [-0.1, -0.05) is 24.3 Å². The second-order valence-electron chi connectivity index (χ2n) is 4.88. The van der Waals surface area contributed by atoms with Crippen molar-refractivity contribution in [2.45, 2.75) is 4.90 Å². The van der Waals surface area contributed by atoms with Crippen LogP contribution in [0.4, 0.5) is 5.13 Å². The van der Waals surface area contributed by atoms with Gasteiger partial charge < -0.3 is 0 Å². The Balaban J connectivity index is 1.78. The molecule has 1 N–H and O–H groups in total. The van der Waals surface area contributed by atoms with E-state index in [1.807, 2.05) is 42.0 Å². The summed E-state index contributed by atoms with van der Waals surface area (Å²) in [7, 11) is 0. The zero-order chi connectivity index (χ0) is 16.9. The Morgan fingerprint density at radius 1 is 1.21 bits per heavy atom. The Morgan fingerprint density at radius 2 is 1.96 bits per heavy atom. The highest BCUT2D eigenvalue weighted by Crippen LogP contribution is 2.26. The van der Waals surface area contributed by atoms with Crippen LogP contribution >= 0.6 is 23.1 Å². The van der Waals surface area contributed by atoms with Crippen LogP contribution < -0.4 is 5.32 Å². The molecule has 0 aliphatic carbocycles. The molecule has 3 rings (SSSR count). The number of carbonyl (C=O) groups excluding carboxylic acids is 1. The second kappa shape index (κ2) is 7.30. The molecule has 0 saturated heterocycles. The number of anilines is 1. The number of nitrogens with one attached hydrogen (secondary N) is 1. The SMILES string of the molecule is CSc1ccccc1C(=O)Nc1nc(-c2ccc(C#N)cc2)cs1. The van der Waals surface area contributed by atoms with Gasteiger partial charge in [0.05, 0.1) is 22.9 Å². The number of amides is 1. The third-order valence-corrected chi connectivity index (χ3v) is 4.94. The summed E-state index contributed by atoms with van der Waals surface area (Å²) in [5.41, 5.74) is 2.93. The van der Waals surface area contributed by atoms with E-state index in [0.717, 1.165) is 16.2 Å². The van der Waals surface area contributed by atoms with Crippen molar-refractivity contribution in [1.82, 2.24) is 4.98 Å². The third-order valence-electron chi connectivity index (χ3n) is 3.39. The molecule has 6 heteroatoms. The predicted molar refractivity (Wildman–Crippen MR) is 98.4 cm³/mol. The van der Waals surface area contributed by atoms with E-state index in [4.69, 9.17) is 5.26 Å². The summed E-state index contributed by atoms with van der Waals surface area (Å²) < 4.78 is 0. The Labute approximate surface area is 148 Å². The van der Waals surface area contributed by atoms with Crippen LogP contribution in [-0.4, -0.2) is 17.1 Å². The Hall–Kier alpha value is -2.62. The van der Waals surface area contributed by atoms with Crippen molar-refractivity contribution in [1.29, 1.82) is 5.26 Å². The van der Waals surface area contributed by atoms with Crippen molar-refractivity contribution in [2.24, 2.45) is 0 Å². The van der Waals surface area contributed by atoms with E-state index in [0.29, 0.717) is 16.3 Å². The minimum absolute atomic E-state index is 0.166. The minimum atomic E-state index is -0.166. The first-order valence-electron chi connectivity index (χ1n) is 7.11. The molecule has 0 aliphatic rings. The normalized spacial score (nSPS) is 10.2. The highest BCUT2D eigenvalue weighted by atomic mass is 32.2. The van der Waals surface area contributed by atoms with Crippen molar-refractivity contribution in [2.75, 3.05) is 11.6 Å². The maximum atomic E-state index is 12.4. The van der Waals surface area contributed by atoms with Crippen LogP contribution in [0, 0.1) is 11.3 Å². The maximum Gasteiger partial charge on any atom is 0.258 e. The highest BCUT2D eigenvalue weighted by molar-refractivity contribution is 7.98. The molecule has 0 radical (unpaired) electrons. The number of nitrogens with zero attached hydrogens (tertiary/aromatic N) is 2. The molecule has 0 aliphatic heterocycles. The van der Waals surface area contributed by atoms with E-state index in [-0.39, 0.29) is 5.91 Å². The summed E-state index contributed by atoms with van der Waals surface area (Å²) in [4.78, 5) is 17.8. The smallest absolute Gasteiger partial charge is 0.258 e. The molecule has 1 amide bonds. The van der Waals surface area contributed by atoms with Crippen molar-refractivity contribution >= 4 is 34.1 Å². The van der Waals surface area contributed by atoms with Gasteiger partial charge in [-0.05, 0) is 30.5 Å². The zero-order valence-electron chi connectivity index (χ0n) is 12.8. The largest absolute Gasteiger partial charge is 0.298 e. The molecule has 0 bridgehead atoms. The van der Waals surface area contributed by atoms with Crippen molar-refractivity contribution in [3.8, 4) is 17.3 Å². The molecule has 3 aromatic rings. The summed E-state index contributed by atoms with van der Waals surface area (Å²) in [5, 5.41) is 14.1. The third kappa shape index (κ3) is 3.48.